The molecule has 0 saturated heterocycles. The fourth-order valence-corrected chi connectivity index (χ4v) is 2.15. The second-order valence-corrected chi connectivity index (χ2v) is 4.76. The van der Waals surface area contributed by atoms with Crippen LogP contribution in [0.1, 0.15) is 10.6 Å². The molecule has 0 atom stereocenters. The number of anilines is 2. The smallest absolute Gasteiger partial charge is 0.293 e. The monoisotopic (exact) mass is 292 g/mol. The quantitative estimate of drug-likeness (QED) is 0.581. The second-order valence-electron chi connectivity index (χ2n) is 3.75. The lowest BCUT2D eigenvalue weighted by Crippen LogP contribution is -2.15. The Hall–Kier alpha value is -2.55. The fourth-order valence-electron chi connectivity index (χ4n) is 1.40. The number of nitrogen functional groups attached to an aromatic ring is 1. The highest BCUT2D eigenvalue weighted by molar-refractivity contribution is 8.00. The summed E-state index contributed by atoms with van der Waals surface area (Å²) >= 11 is 1.24. The Kier molecular flexibility index (Phi) is 4.20. The summed E-state index contributed by atoms with van der Waals surface area (Å²) in [4.78, 5) is 27.2. The molecular weight excluding hydrogens is 280 g/mol. The van der Waals surface area contributed by atoms with Crippen molar-refractivity contribution in [2.75, 3.05) is 16.8 Å². The highest BCUT2D eigenvalue weighted by atomic mass is 32.2. The van der Waals surface area contributed by atoms with Gasteiger partial charge in [0.05, 0.1) is 11.4 Å². The first-order chi connectivity index (χ1) is 9.56. The van der Waals surface area contributed by atoms with Crippen molar-refractivity contribution in [3.05, 3.63) is 30.1 Å². The van der Waals surface area contributed by atoms with E-state index in [9.17, 15) is 9.59 Å². The van der Waals surface area contributed by atoms with Crippen LogP contribution in [0.15, 0.2) is 29.2 Å². The molecule has 1 aromatic heterocycles. The molecule has 0 aliphatic carbocycles. The molecule has 0 bridgehead atoms. The van der Waals surface area contributed by atoms with E-state index in [0.717, 1.165) is 4.90 Å². The lowest BCUT2D eigenvalue weighted by molar-refractivity contribution is -0.115. The normalized spacial score (nSPS) is 10.2. The van der Waals surface area contributed by atoms with E-state index >= 15 is 0 Å². The molecule has 2 amide bonds. The number of carbonyl (C=O) groups excluding carboxylic acids is 2. The molecule has 6 N–H and O–H groups in total. The molecule has 0 spiro atoms. The van der Waals surface area contributed by atoms with E-state index in [0.29, 0.717) is 5.69 Å². The summed E-state index contributed by atoms with van der Waals surface area (Å²) < 4.78 is 0. The number of hydrogen-bond acceptors (Lipinski definition) is 6. The van der Waals surface area contributed by atoms with Crippen LogP contribution in [0, 0.1) is 0 Å². The molecule has 0 aliphatic heterocycles. The number of nitrogens with one attached hydrogen (secondary N) is 2. The van der Waals surface area contributed by atoms with E-state index in [1.807, 2.05) is 0 Å². The largest absolute Gasteiger partial charge is 0.369 e. The number of benzene rings is 1. The van der Waals surface area contributed by atoms with Gasteiger partial charge >= 0.3 is 0 Å². The van der Waals surface area contributed by atoms with Crippen LogP contribution in [0.5, 0.6) is 0 Å². The minimum absolute atomic E-state index is 0.00783. The van der Waals surface area contributed by atoms with E-state index in [1.165, 1.54) is 11.8 Å². The Morgan fingerprint density at radius 2 is 2.10 bits per heavy atom. The number of aromatic nitrogens is 3. The second kappa shape index (κ2) is 6.06. The van der Waals surface area contributed by atoms with Gasteiger partial charge < -0.3 is 16.8 Å². The number of carbonyl (C=O) groups is 2. The summed E-state index contributed by atoms with van der Waals surface area (Å²) in [5.41, 5.74) is 11.0. The van der Waals surface area contributed by atoms with Gasteiger partial charge in [0.15, 0.2) is 0 Å². The molecule has 1 aromatic carbocycles. The molecule has 0 fully saturated rings. The number of para-hydroxylation sites is 1. The van der Waals surface area contributed by atoms with Crippen LogP contribution in [0.2, 0.25) is 0 Å². The molecule has 1 heterocycles. The van der Waals surface area contributed by atoms with Crippen LogP contribution in [-0.2, 0) is 4.79 Å². The van der Waals surface area contributed by atoms with Crippen molar-refractivity contribution in [1.82, 2.24) is 15.2 Å². The van der Waals surface area contributed by atoms with Crippen LogP contribution >= 0.6 is 11.8 Å². The van der Waals surface area contributed by atoms with Crippen LogP contribution in [-0.4, -0.2) is 32.7 Å². The van der Waals surface area contributed by atoms with Gasteiger partial charge in [-0.1, -0.05) is 12.1 Å². The number of nitrogens with two attached hydrogens (primary N) is 2. The fraction of sp³-hybridized carbons (Fsp3) is 0.0909. The van der Waals surface area contributed by atoms with Gasteiger partial charge in [-0.3, -0.25) is 14.7 Å². The third-order valence-corrected chi connectivity index (χ3v) is 3.32. The van der Waals surface area contributed by atoms with Gasteiger partial charge in [-0.15, -0.1) is 16.9 Å². The zero-order valence-corrected chi connectivity index (χ0v) is 11.1. The maximum absolute atomic E-state index is 11.9. The molecule has 2 aromatic rings. The van der Waals surface area contributed by atoms with E-state index in [2.05, 4.69) is 20.5 Å². The number of amides is 2. The standard InChI is InChI=1S/C11H12N6O2S/c12-8(18)5-20-7-4-2-1-3-6(7)14-10(19)9-15-11(13)17-16-9/h1-4H,5H2,(H2,12,18)(H,14,19)(H3,13,15,16,17). The predicted octanol–water partition coefficient (Wildman–Crippen LogP) is 0.217. The molecule has 20 heavy (non-hydrogen) atoms. The number of aromatic amines is 1. The van der Waals surface area contributed by atoms with Gasteiger partial charge in [-0.25, -0.2) is 0 Å². The zero-order chi connectivity index (χ0) is 14.5. The van der Waals surface area contributed by atoms with Crippen molar-refractivity contribution >= 4 is 35.2 Å². The Balaban J connectivity index is 2.12. The summed E-state index contributed by atoms with van der Waals surface area (Å²) in [5.74, 6) is -0.772. The summed E-state index contributed by atoms with van der Waals surface area (Å²) in [7, 11) is 0. The Morgan fingerprint density at radius 3 is 2.75 bits per heavy atom. The van der Waals surface area contributed by atoms with Gasteiger partial charge in [-0.05, 0) is 12.1 Å². The summed E-state index contributed by atoms with van der Waals surface area (Å²) in [6.45, 7) is 0. The third-order valence-electron chi connectivity index (χ3n) is 2.22. The maximum atomic E-state index is 11.9. The van der Waals surface area contributed by atoms with Crippen LogP contribution < -0.4 is 16.8 Å². The first kappa shape index (κ1) is 13.9. The van der Waals surface area contributed by atoms with Crippen LogP contribution in [0.25, 0.3) is 0 Å². The molecule has 104 valence electrons. The average Bonchev–Trinajstić information content (AvgIpc) is 2.84. The van der Waals surface area contributed by atoms with Gasteiger partial charge in [0, 0.05) is 4.90 Å². The number of thioether (sulfide) groups is 1. The summed E-state index contributed by atoms with van der Waals surface area (Å²) in [5, 5.41) is 8.65. The van der Waals surface area contributed by atoms with Crippen molar-refractivity contribution in [3.63, 3.8) is 0 Å². The van der Waals surface area contributed by atoms with Gasteiger partial charge in [0.1, 0.15) is 0 Å². The third kappa shape index (κ3) is 3.48. The highest BCUT2D eigenvalue weighted by Gasteiger charge is 2.13. The SMILES string of the molecule is NC(=O)CSc1ccccc1NC(=O)c1nc(N)n[nH]1. The van der Waals surface area contributed by atoms with Crippen LogP contribution in [0.4, 0.5) is 11.6 Å². The molecular formula is C11H12N6O2S. The van der Waals surface area contributed by atoms with Crippen molar-refractivity contribution < 1.29 is 9.59 Å². The van der Waals surface area contributed by atoms with Crippen molar-refractivity contribution in [2.24, 2.45) is 5.73 Å². The highest BCUT2D eigenvalue weighted by Crippen LogP contribution is 2.26. The Labute approximate surface area is 118 Å². The number of rotatable bonds is 5. The van der Waals surface area contributed by atoms with Crippen LogP contribution in [0.3, 0.4) is 0 Å². The van der Waals surface area contributed by atoms with Crippen molar-refractivity contribution in [1.29, 1.82) is 0 Å². The van der Waals surface area contributed by atoms with Gasteiger partial charge in [0.2, 0.25) is 17.7 Å². The van der Waals surface area contributed by atoms with Gasteiger partial charge in [0.25, 0.3) is 5.91 Å². The Morgan fingerprint density at radius 1 is 1.35 bits per heavy atom. The lowest BCUT2D eigenvalue weighted by Gasteiger charge is -2.08. The zero-order valence-electron chi connectivity index (χ0n) is 10.3. The van der Waals surface area contributed by atoms with E-state index in [4.69, 9.17) is 11.5 Å². The molecule has 2 rings (SSSR count). The molecule has 0 saturated carbocycles. The van der Waals surface area contributed by atoms with E-state index < -0.39 is 11.8 Å². The van der Waals surface area contributed by atoms with Crippen molar-refractivity contribution in [3.8, 4) is 0 Å². The molecule has 9 heteroatoms. The maximum Gasteiger partial charge on any atom is 0.293 e. The molecule has 0 aliphatic rings. The number of H-pyrrole nitrogens is 1. The summed E-state index contributed by atoms with van der Waals surface area (Å²) in [6, 6.07) is 7.04. The number of nitrogens with zero attached hydrogens (tertiary/aromatic N) is 2. The first-order valence-corrected chi connectivity index (χ1v) is 6.54. The number of primary amides is 1. The van der Waals surface area contributed by atoms with E-state index in [1.54, 1.807) is 24.3 Å². The van der Waals surface area contributed by atoms with Gasteiger partial charge in [-0.2, -0.15) is 4.98 Å². The number of hydrogen-bond donors (Lipinski definition) is 4. The minimum atomic E-state index is -0.471. The topological polar surface area (TPSA) is 140 Å². The summed E-state index contributed by atoms with van der Waals surface area (Å²) in [6.07, 6.45) is 0. The Bertz CT molecular complexity index is 641. The molecule has 0 radical (unpaired) electrons. The van der Waals surface area contributed by atoms with E-state index in [-0.39, 0.29) is 17.5 Å². The molecule has 8 nitrogen and oxygen atoms in total. The van der Waals surface area contributed by atoms with Crippen molar-refractivity contribution in [2.45, 2.75) is 4.90 Å². The minimum Gasteiger partial charge on any atom is -0.369 e. The lowest BCUT2D eigenvalue weighted by atomic mass is 10.3. The first-order valence-electron chi connectivity index (χ1n) is 5.55. The average molecular weight is 292 g/mol. The predicted molar refractivity (Wildman–Crippen MR) is 75.1 cm³/mol. The molecule has 0 unspecified atom stereocenters.